The van der Waals surface area contributed by atoms with Crippen molar-refractivity contribution in [2.75, 3.05) is 0 Å². The quantitative estimate of drug-likeness (QED) is 0.297. The molecule has 0 aliphatic heterocycles. The Labute approximate surface area is 197 Å². The normalized spacial score (nSPS) is 12.1. The average molecular weight is 512 g/mol. The molecule has 30 heavy (non-hydrogen) atoms. The lowest BCUT2D eigenvalue weighted by Crippen LogP contribution is -2.26. The summed E-state index contributed by atoms with van der Waals surface area (Å²) in [6.45, 7) is 3.69. The fourth-order valence-corrected chi connectivity index (χ4v) is 4.05. The highest BCUT2D eigenvalue weighted by Crippen LogP contribution is 2.48. The third kappa shape index (κ3) is 4.68. The van der Waals surface area contributed by atoms with E-state index in [9.17, 15) is 4.79 Å². The van der Waals surface area contributed by atoms with Crippen LogP contribution in [0.5, 0.6) is 5.75 Å². The molecule has 2 aromatic heterocycles. The summed E-state index contributed by atoms with van der Waals surface area (Å²) in [4.78, 5) is 12.5. The number of carbonyl (C=O) groups excluding carboxylic acids is 1. The van der Waals surface area contributed by atoms with E-state index >= 15 is 0 Å². The highest BCUT2D eigenvalue weighted by Gasteiger charge is 2.22. The first-order chi connectivity index (χ1) is 14.1. The summed E-state index contributed by atoms with van der Waals surface area (Å²) in [6.07, 6.45) is 1.86. The lowest BCUT2D eigenvalue weighted by molar-refractivity contribution is 0.0907. The molecule has 0 aliphatic rings. The number of nitrogens with one attached hydrogen (secondary N) is 1. The molecule has 0 bridgehead atoms. The van der Waals surface area contributed by atoms with Crippen molar-refractivity contribution in [1.82, 2.24) is 15.1 Å². The van der Waals surface area contributed by atoms with Gasteiger partial charge < -0.3 is 14.5 Å². The van der Waals surface area contributed by atoms with Gasteiger partial charge in [0.2, 0.25) is 0 Å². The van der Waals surface area contributed by atoms with Gasteiger partial charge in [0.25, 0.3) is 5.91 Å². The van der Waals surface area contributed by atoms with Gasteiger partial charge in [-0.15, -0.1) is 0 Å². The van der Waals surface area contributed by atoms with E-state index in [2.05, 4.69) is 10.4 Å². The number of rotatable bonds is 6. The molecule has 1 unspecified atom stereocenters. The molecule has 0 aliphatic carbocycles. The predicted molar refractivity (Wildman–Crippen MR) is 118 cm³/mol. The second-order valence-electron chi connectivity index (χ2n) is 6.49. The van der Waals surface area contributed by atoms with Gasteiger partial charge in [-0.2, -0.15) is 5.10 Å². The number of amides is 1. The largest absolute Gasteiger partial charge is 0.482 e. The fraction of sp³-hybridized carbons (Fsp3) is 0.263. The van der Waals surface area contributed by atoms with Crippen molar-refractivity contribution in [2.24, 2.45) is 7.05 Å². The molecule has 1 amide bonds. The van der Waals surface area contributed by atoms with Crippen LogP contribution < -0.4 is 10.1 Å². The van der Waals surface area contributed by atoms with E-state index in [0.717, 1.165) is 11.3 Å². The second kappa shape index (κ2) is 9.28. The summed E-state index contributed by atoms with van der Waals surface area (Å²) in [5.41, 5.74) is 1.76. The van der Waals surface area contributed by atoms with Gasteiger partial charge in [0, 0.05) is 18.8 Å². The van der Waals surface area contributed by atoms with Crippen LogP contribution in [0.2, 0.25) is 25.1 Å². The molecule has 11 heteroatoms. The van der Waals surface area contributed by atoms with Crippen molar-refractivity contribution >= 4 is 63.9 Å². The maximum absolute atomic E-state index is 12.5. The zero-order valence-corrected chi connectivity index (χ0v) is 19.8. The Balaban J connectivity index is 1.69. The lowest BCUT2D eigenvalue weighted by atomic mass is 10.1. The van der Waals surface area contributed by atoms with E-state index in [0.29, 0.717) is 5.76 Å². The van der Waals surface area contributed by atoms with Gasteiger partial charge in [-0.1, -0.05) is 58.0 Å². The van der Waals surface area contributed by atoms with Gasteiger partial charge in [-0.25, -0.2) is 0 Å². The molecule has 6 nitrogen and oxygen atoms in total. The van der Waals surface area contributed by atoms with Crippen LogP contribution in [0.3, 0.4) is 0 Å². The maximum Gasteiger partial charge on any atom is 0.287 e. The van der Waals surface area contributed by atoms with Crippen LogP contribution in [-0.2, 0) is 13.7 Å². The summed E-state index contributed by atoms with van der Waals surface area (Å²) in [5.74, 6) is 0.206. The number of ether oxygens (including phenoxy) is 1. The van der Waals surface area contributed by atoms with Crippen molar-refractivity contribution in [3.8, 4) is 5.75 Å². The van der Waals surface area contributed by atoms with Crippen molar-refractivity contribution in [1.29, 1.82) is 0 Å². The smallest absolute Gasteiger partial charge is 0.287 e. The number of furan rings is 1. The molecule has 0 saturated carbocycles. The minimum absolute atomic E-state index is 0.0289. The maximum atomic E-state index is 12.5. The Hall–Kier alpha value is -1.57. The summed E-state index contributed by atoms with van der Waals surface area (Å²) in [7, 11) is 1.82. The standard InChI is InChI=1S/C19H16Cl5N3O3/c1-8(11-6-27(3)26-9(11)2)25-19(28)12-5-4-10(30-12)7-29-18-16(23)14(21)13(20)15(22)17(18)24/h4-6,8H,7H2,1-3H3,(H,25,28). The van der Waals surface area contributed by atoms with E-state index in [-0.39, 0.29) is 55.2 Å². The van der Waals surface area contributed by atoms with E-state index in [4.69, 9.17) is 67.2 Å². The number of halogens is 5. The van der Waals surface area contributed by atoms with Crippen LogP contribution in [0.25, 0.3) is 0 Å². The minimum atomic E-state index is -0.370. The number of hydrogen-bond donors (Lipinski definition) is 1. The van der Waals surface area contributed by atoms with Crippen LogP contribution in [0.15, 0.2) is 22.7 Å². The molecule has 1 atom stereocenters. The number of carbonyl (C=O) groups is 1. The molecule has 2 heterocycles. The number of hydrogen-bond acceptors (Lipinski definition) is 4. The second-order valence-corrected chi connectivity index (χ2v) is 8.38. The zero-order chi connectivity index (χ0) is 22.2. The molecule has 1 aromatic carbocycles. The molecule has 160 valence electrons. The van der Waals surface area contributed by atoms with Crippen LogP contribution in [0.1, 0.15) is 40.5 Å². The summed E-state index contributed by atoms with van der Waals surface area (Å²) in [5, 5.41) is 7.31. The van der Waals surface area contributed by atoms with Crippen LogP contribution in [0, 0.1) is 6.92 Å². The number of aromatic nitrogens is 2. The van der Waals surface area contributed by atoms with Crippen molar-refractivity contribution in [3.63, 3.8) is 0 Å². The number of aryl methyl sites for hydroxylation is 2. The third-order valence-corrected chi connectivity index (χ3v) is 6.52. The highest BCUT2D eigenvalue weighted by atomic mass is 35.5. The van der Waals surface area contributed by atoms with Gasteiger partial charge in [0.15, 0.2) is 11.5 Å². The van der Waals surface area contributed by atoms with Crippen molar-refractivity contribution in [2.45, 2.75) is 26.5 Å². The molecular weight excluding hydrogens is 495 g/mol. The van der Waals surface area contributed by atoms with Crippen LogP contribution in [0.4, 0.5) is 0 Å². The third-order valence-electron chi connectivity index (χ3n) is 4.28. The summed E-state index contributed by atoms with van der Waals surface area (Å²) >= 11 is 30.3. The van der Waals surface area contributed by atoms with Gasteiger partial charge in [-0.05, 0) is 26.0 Å². The van der Waals surface area contributed by atoms with Gasteiger partial charge >= 0.3 is 0 Å². The average Bonchev–Trinajstić information content (AvgIpc) is 3.30. The van der Waals surface area contributed by atoms with Crippen LogP contribution in [-0.4, -0.2) is 15.7 Å². The first-order valence-electron chi connectivity index (χ1n) is 8.64. The van der Waals surface area contributed by atoms with Crippen LogP contribution >= 0.6 is 58.0 Å². The van der Waals surface area contributed by atoms with Crippen molar-refractivity contribution in [3.05, 3.63) is 66.2 Å². The molecule has 1 N–H and O–H groups in total. The predicted octanol–water partition coefficient (Wildman–Crippen LogP) is 6.66. The molecule has 0 fully saturated rings. The first-order valence-corrected chi connectivity index (χ1v) is 10.5. The minimum Gasteiger partial charge on any atom is -0.482 e. The first kappa shape index (κ1) is 23.1. The lowest BCUT2D eigenvalue weighted by Gasteiger charge is -2.13. The van der Waals surface area contributed by atoms with E-state index in [1.165, 1.54) is 0 Å². The van der Waals surface area contributed by atoms with Crippen molar-refractivity contribution < 1.29 is 13.9 Å². The Morgan fingerprint density at radius 1 is 1.13 bits per heavy atom. The molecule has 0 radical (unpaired) electrons. The molecular formula is C19H16Cl5N3O3. The number of nitrogens with zero attached hydrogens (tertiary/aromatic N) is 2. The Kier molecular flexibility index (Phi) is 7.15. The zero-order valence-electron chi connectivity index (χ0n) is 16.0. The Morgan fingerprint density at radius 3 is 2.30 bits per heavy atom. The number of benzene rings is 1. The molecule has 3 rings (SSSR count). The summed E-state index contributed by atoms with van der Waals surface area (Å²) in [6, 6.07) is 2.91. The fourth-order valence-electron chi connectivity index (χ4n) is 2.82. The van der Waals surface area contributed by atoms with E-state index in [1.54, 1.807) is 16.8 Å². The van der Waals surface area contributed by atoms with E-state index < -0.39 is 0 Å². The van der Waals surface area contributed by atoms with E-state index in [1.807, 2.05) is 27.1 Å². The van der Waals surface area contributed by atoms with Gasteiger partial charge in [-0.3, -0.25) is 9.48 Å². The highest BCUT2D eigenvalue weighted by molar-refractivity contribution is 6.55. The molecule has 0 spiro atoms. The van der Waals surface area contributed by atoms with Gasteiger partial charge in [0.05, 0.1) is 26.8 Å². The monoisotopic (exact) mass is 509 g/mol. The summed E-state index contributed by atoms with van der Waals surface area (Å²) < 4.78 is 12.9. The topological polar surface area (TPSA) is 69.3 Å². The molecule has 3 aromatic rings. The Bertz CT molecular complexity index is 1080. The SMILES string of the molecule is Cc1nn(C)cc1C(C)NC(=O)c1ccc(COc2c(Cl)c(Cl)c(Cl)c(Cl)c2Cl)o1. The van der Waals surface area contributed by atoms with Gasteiger partial charge in [0.1, 0.15) is 22.4 Å². The Morgan fingerprint density at radius 2 is 1.73 bits per heavy atom. The molecule has 0 saturated heterocycles.